The first-order valence-electron chi connectivity index (χ1n) is 7.07. The van der Waals surface area contributed by atoms with E-state index in [1.807, 2.05) is 36.4 Å². The maximum absolute atomic E-state index is 10.5. The minimum atomic E-state index is -0.539. The van der Waals surface area contributed by atoms with Crippen LogP contribution in [0.5, 0.6) is 0 Å². The Hall–Kier alpha value is -1.67. The lowest BCUT2D eigenvalue weighted by Crippen LogP contribution is -2.04. The Balaban J connectivity index is 1.92. The normalized spacial score (nSPS) is 17.8. The molecular formula is C17H19NO. The summed E-state index contributed by atoms with van der Waals surface area (Å²) in [5.74, 6) is 0. The molecule has 1 aliphatic carbocycles. The molecule has 2 heteroatoms. The fourth-order valence-electron chi connectivity index (χ4n) is 2.71. The number of pyridine rings is 1. The zero-order valence-corrected chi connectivity index (χ0v) is 11.0. The molecule has 19 heavy (non-hydrogen) atoms. The van der Waals surface area contributed by atoms with Crippen LogP contribution in [0.2, 0.25) is 0 Å². The van der Waals surface area contributed by atoms with Gasteiger partial charge in [-0.1, -0.05) is 36.8 Å². The highest BCUT2D eigenvalue weighted by atomic mass is 16.3. The smallest absolute Gasteiger partial charge is 0.117 e. The highest BCUT2D eigenvalue weighted by Gasteiger charge is 2.16. The van der Waals surface area contributed by atoms with Crippen molar-refractivity contribution in [3.05, 3.63) is 53.7 Å². The summed E-state index contributed by atoms with van der Waals surface area (Å²) in [5, 5.41) is 11.6. The van der Waals surface area contributed by atoms with E-state index in [0.29, 0.717) is 0 Å². The van der Waals surface area contributed by atoms with E-state index in [2.05, 4.69) is 11.1 Å². The van der Waals surface area contributed by atoms with Gasteiger partial charge < -0.3 is 5.11 Å². The summed E-state index contributed by atoms with van der Waals surface area (Å²) >= 11 is 0. The largest absolute Gasteiger partial charge is 0.382 e. The molecule has 0 fully saturated rings. The molecule has 0 amide bonds. The van der Waals surface area contributed by atoms with Gasteiger partial charge in [0.05, 0.1) is 11.2 Å². The van der Waals surface area contributed by atoms with Gasteiger partial charge in [-0.05, 0) is 43.4 Å². The van der Waals surface area contributed by atoms with Crippen molar-refractivity contribution in [2.75, 3.05) is 0 Å². The van der Waals surface area contributed by atoms with Crippen LogP contribution in [0.1, 0.15) is 43.9 Å². The molecule has 1 N–H and O–H groups in total. The van der Waals surface area contributed by atoms with Gasteiger partial charge in [-0.15, -0.1) is 0 Å². The number of aromatic nitrogens is 1. The van der Waals surface area contributed by atoms with Gasteiger partial charge in [0.2, 0.25) is 0 Å². The first kappa shape index (κ1) is 12.4. The summed E-state index contributed by atoms with van der Waals surface area (Å²) in [6.45, 7) is 0. The predicted octanol–water partition coefficient (Wildman–Crippen LogP) is 4.16. The second kappa shape index (κ2) is 5.54. The third kappa shape index (κ3) is 2.69. The summed E-state index contributed by atoms with van der Waals surface area (Å²) in [6, 6.07) is 12.0. The molecule has 1 aromatic heterocycles. The highest BCUT2D eigenvalue weighted by Crippen LogP contribution is 2.29. The highest BCUT2D eigenvalue weighted by molar-refractivity contribution is 5.78. The minimum Gasteiger partial charge on any atom is -0.382 e. The summed E-state index contributed by atoms with van der Waals surface area (Å²) in [7, 11) is 0. The van der Waals surface area contributed by atoms with Gasteiger partial charge in [0, 0.05) is 5.39 Å². The second-order valence-corrected chi connectivity index (χ2v) is 5.21. The SMILES string of the molecule is OC(C1=CCCCCC1)c1ccc2ccccc2n1. The molecule has 3 rings (SSSR count). The van der Waals surface area contributed by atoms with E-state index >= 15 is 0 Å². The van der Waals surface area contributed by atoms with Gasteiger partial charge in [0.15, 0.2) is 0 Å². The molecule has 1 aliphatic rings. The number of benzene rings is 1. The Bertz CT molecular complexity index is 603. The van der Waals surface area contributed by atoms with Crippen LogP contribution in [-0.4, -0.2) is 10.1 Å². The van der Waals surface area contributed by atoms with Gasteiger partial charge in [-0.25, -0.2) is 4.98 Å². The van der Waals surface area contributed by atoms with E-state index < -0.39 is 6.10 Å². The molecule has 2 aromatic rings. The van der Waals surface area contributed by atoms with E-state index in [4.69, 9.17) is 0 Å². The van der Waals surface area contributed by atoms with E-state index in [1.54, 1.807) is 0 Å². The quantitative estimate of drug-likeness (QED) is 0.815. The lowest BCUT2D eigenvalue weighted by Gasteiger charge is -2.14. The zero-order valence-electron chi connectivity index (χ0n) is 11.0. The monoisotopic (exact) mass is 253 g/mol. The average molecular weight is 253 g/mol. The Morgan fingerprint density at radius 1 is 1.00 bits per heavy atom. The van der Waals surface area contributed by atoms with Crippen LogP contribution in [-0.2, 0) is 0 Å². The third-order valence-electron chi connectivity index (χ3n) is 3.83. The fourth-order valence-corrected chi connectivity index (χ4v) is 2.71. The maximum Gasteiger partial charge on any atom is 0.117 e. The summed E-state index contributed by atoms with van der Waals surface area (Å²) in [5.41, 5.74) is 2.86. The van der Waals surface area contributed by atoms with Crippen molar-refractivity contribution in [3.8, 4) is 0 Å². The Morgan fingerprint density at radius 2 is 1.89 bits per heavy atom. The van der Waals surface area contributed by atoms with Gasteiger partial charge in [0.25, 0.3) is 0 Å². The molecule has 0 spiro atoms. The minimum absolute atomic E-state index is 0.539. The summed E-state index contributed by atoms with van der Waals surface area (Å²) in [6.07, 6.45) is 7.42. The van der Waals surface area contributed by atoms with Crippen LogP contribution in [0.25, 0.3) is 10.9 Å². The lowest BCUT2D eigenvalue weighted by atomic mass is 10.0. The molecule has 1 unspecified atom stereocenters. The molecule has 1 atom stereocenters. The first-order chi connectivity index (χ1) is 9.34. The van der Waals surface area contributed by atoms with Crippen molar-refractivity contribution in [1.82, 2.24) is 4.98 Å². The number of aliphatic hydroxyl groups is 1. The number of aliphatic hydroxyl groups excluding tert-OH is 1. The first-order valence-corrected chi connectivity index (χ1v) is 7.07. The molecule has 2 nitrogen and oxygen atoms in total. The second-order valence-electron chi connectivity index (χ2n) is 5.21. The molecule has 0 saturated carbocycles. The van der Waals surface area contributed by atoms with Crippen molar-refractivity contribution < 1.29 is 5.11 Å². The number of para-hydroxylation sites is 1. The summed E-state index contributed by atoms with van der Waals surface area (Å²) in [4.78, 5) is 4.59. The van der Waals surface area contributed by atoms with E-state index in [-0.39, 0.29) is 0 Å². The number of allylic oxidation sites excluding steroid dienone is 1. The molecular weight excluding hydrogens is 234 g/mol. The molecule has 0 bridgehead atoms. The van der Waals surface area contributed by atoms with E-state index in [1.165, 1.54) is 19.3 Å². The van der Waals surface area contributed by atoms with Crippen molar-refractivity contribution in [2.24, 2.45) is 0 Å². The van der Waals surface area contributed by atoms with Crippen LogP contribution < -0.4 is 0 Å². The topological polar surface area (TPSA) is 33.1 Å². The van der Waals surface area contributed by atoms with Gasteiger partial charge in [-0.3, -0.25) is 0 Å². The van der Waals surface area contributed by atoms with E-state index in [0.717, 1.165) is 35.0 Å². The fraction of sp³-hybridized carbons (Fsp3) is 0.353. The lowest BCUT2D eigenvalue weighted by molar-refractivity contribution is 0.206. The van der Waals surface area contributed by atoms with Crippen LogP contribution in [0.15, 0.2) is 48.0 Å². The number of hydrogen-bond acceptors (Lipinski definition) is 2. The number of fused-ring (bicyclic) bond motifs is 1. The van der Waals surface area contributed by atoms with Gasteiger partial charge in [0.1, 0.15) is 6.10 Å². The van der Waals surface area contributed by atoms with Crippen molar-refractivity contribution >= 4 is 10.9 Å². The van der Waals surface area contributed by atoms with Crippen molar-refractivity contribution in [2.45, 2.75) is 38.2 Å². The van der Waals surface area contributed by atoms with Crippen LogP contribution in [0.3, 0.4) is 0 Å². The molecule has 1 aromatic carbocycles. The Morgan fingerprint density at radius 3 is 2.84 bits per heavy atom. The Kier molecular flexibility index (Phi) is 3.60. The summed E-state index contributed by atoms with van der Waals surface area (Å²) < 4.78 is 0. The standard InChI is InChI=1S/C17H19NO/c19-17(14-8-3-1-2-4-9-14)16-12-11-13-7-5-6-10-15(13)18-16/h5-8,10-12,17,19H,1-4,9H2. The molecule has 1 heterocycles. The Labute approximate surface area is 113 Å². The molecule has 98 valence electrons. The number of nitrogens with zero attached hydrogens (tertiary/aromatic N) is 1. The van der Waals surface area contributed by atoms with Crippen molar-refractivity contribution in [1.29, 1.82) is 0 Å². The van der Waals surface area contributed by atoms with Gasteiger partial charge >= 0.3 is 0 Å². The molecule has 0 saturated heterocycles. The zero-order chi connectivity index (χ0) is 13.1. The van der Waals surface area contributed by atoms with Crippen molar-refractivity contribution in [3.63, 3.8) is 0 Å². The van der Waals surface area contributed by atoms with Crippen LogP contribution in [0, 0.1) is 0 Å². The predicted molar refractivity (Wildman–Crippen MR) is 77.9 cm³/mol. The van der Waals surface area contributed by atoms with Crippen LogP contribution in [0.4, 0.5) is 0 Å². The van der Waals surface area contributed by atoms with Crippen LogP contribution >= 0.6 is 0 Å². The third-order valence-corrected chi connectivity index (χ3v) is 3.83. The molecule has 0 aliphatic heterocycles. The van der Waals surface area contributed by atoms with E-state index in [9.17, 15) is 5.11 Å². The maximum atomic E-state index is 10.5. The number of hydrogen-bond donors (Lipinski definition) is 1. The average Bonchev–Trinajstić information content (AvgIpc) is 2.75. The number of rotatable bonds is 2. The molecule has 0 radical (unpaired) electrons. The van der Waals surface area contributed by atoms with Gasteiger partial charge in [-0.2, -0.15) is 0 Å².